The van der Waals surface area contributed by atoms with Crippen LogP contribution in [-0.4, -0.2) is 26.5 Å². The number of pyridine rings is 1. The Kier molecular flexibility index (Phi) is 6.48. The van der Waals surface area contributed by atoms with Crippen molar-refractivity contribution in [1.29, 1.82) is 0 Å². The van der Waals surface area contributed by atoms with Gasteiger partial charge >= 0.3 is 6.18 Å². The van der Waals surface area contributed by atoms with Crippen LogP contribution in [0.2, 0.25) is 0 Å². The number of halogens is 3. The highest BCUT2D eigenvalue weighted by atomic mass is 32.2. The summed E-state index contributed by atoms with van der Waals surface area (Å²) in [7, 11) is -4.08. The first kappa shape index (κ1) is 21.2. The smallest absolute Gasteiger partial charge is 0.357 e. The SMILES string of the molecule is CCN(CC)c1ccc(CNS(=O)(=O)c2ccc(C)c(C(F)(F)F)c2)cn1. The summed E-state index contributed by atoms with van der Waals surface area (Å²) in [6.45, 7) is 6.82. The number of alkyl halides is 3. The quantitative estimate of drug-likeness (QED) is 0.768. The minimum Gasteiger partial charge on any atom is -0.357 e. The lowest BCUT2D eigenvalue weighted by atomic mass is 10.1. The molecule has 2 rings (SSSR count). The molecule has 9 heteroatoms. The third kappa shape index (κ3) is 5.20. The summed E-state index contributed by atoms with van der Waals surface area (Å²) < 4.78 is 66.0. The minimum absolute atomic E-state index is 0.0300. The molecular formula is C18H22F3N3O2S. The Morgan fingerprint density at radius 1 is 1.11 bits per heavy atom. The Hall–Kier alpha value is -2.13. The maximum atomic E-state index is 13.0. The van der Waals surface area contributed by atoms with E-state index in [0.717, 1.165) is 31.0 Å². The molecule has 0 aliphatic heterocycles. The second-order valence-electron chi connectivity index (χ2n) is 6.00. The first-order chi connectivity index (χ1) is 12.6. The second kappa shape index (κ2) is 8.26. The number of benzene rings is 1. The van der Waals surface area contributed by atoms with E-state index >= 15 is 0 Å². The van der Waals surface area contributed by atoms with Crippen LogP contribution in [-0.2, 0) is 22.7 Å². The van der Waals surface area contributed by atoms with Crippen LogP contribution in [0.1, 0.15) is 30.5 Å². The fourth-order valence-corrected chi connectivity index (χ4v) is 3.63. The van der Waals surface area contributed by atoms with E-state index in [9.17, 15) is 21.6 Å². The van der Waals surface area contributed by atoms with E-state index in [4.69, 9.17) is 0 Å². The van der Waals surface area contributed by atoms with Crippen molar-refractivity contribution in [2.75, 3.05) is 18.0 Å². The van der Waals surface area contributed by atoms with Crippen molar-refractivity contribution in [2.45, 2.75) is 38.4 Å². The van der Waals surface area contributed by atoms with Gasteiger partial charge in [-0.25, -0.2) is 18.1 Å². The van der Waals surface area contributed by atoms with Gasteiger partial charge in [0.1, 0.15) is 5.82 Å². The van der Waals surface area contributed by atoms with Crippen LogP contribution in [0.5, 0.6) is 0 Å². The Morgan fingerprint density at radius 2 is 1.78 bits per heavy atom. The average Bonchev–Trinajstić information content (AvgIpc) is 2.61. The molecule has 0 aliphatic carbocycles. The molecule has 0 bridgehead atoms. The van der Waals surface area contributed by atoms with Gasteiger partial charge in [0.05, 0.1) is 10.5 Å². The summed E-state index contributed by atoms with van der Waals surface area (Å²) in [5.74, 6) is 0.778. The summed E-state index contributed by atoms with van der Waals surface area (Å²) in [5.41, 5.74) is -0.383. The summed E-state index contributed by atoms with van der Waals surface area (Å²) in [5, 5.41) is 0. The zero-order valence-corrected chi connectivity index (χ0v) is 16.2. The maximum absolute atomic E-state index is 13.0. The molecule has 0 aliphatic rings. The molecule has 0 fully saturated rings. The van der Waals surface area contributed by atoms with Gasteiger partial charge in [-0.05, 0) is 50.1 Å². The number of hydrogen-bond acceptors (Lipinski definition) is 4. The third-order valence-corrected chi connectivity index (χ3v) is 5.59. The van der Waals surface area contributed by atoms with Crippen LogP contribution >= 0.6 is 0 Å². The molecule has 0 saturated carbocycles. The summed E-state index contributed by atoms with van der Waals surface area (Å²) >= 11 is 0. The van der Waals surface area contributed by atoms with E-state index in [0.29, 0.717) is 11.6 Å². The van der Waals surface area contributed by atoms with Crippen molar-refractivity contribution < 1.29 is 21.6 Å². The Bertz CT molecular complexity index is 878. The van der Waals surface area contributed by atoms with Crippen molar-refractivity contribution >= 4 is 15.8 Å². The molecule has 0 saturated heterocycles. The van der Waals surface area contributed by atoms with Crippen LogP contribution in [0.25, 0.3) is 0 Å². The number of anilines is 1. The maximum Gasteiger partial charge on any atom is 0.416 e. The Balaban J connectivity index is 2.16. The molecule has 0 amide bonds. The standard InChI is InChI=1S/C18H22F3N3O2S/c1-4-24(5-2)17-9-7-14(11-22-17)12-23-27(25,26)15-8-6-13(3)16(10-15)18(19,20)21/h6-11,23H,4-5,12H2,1-3H3. The predicted molar refractivity (Wildman–Crippen MR) is 98.0 cm³/mol. The molecule has 2 aromatic rings. The van der Waals surface area contributed by atoms with Gasteiger partial charge in [-0.15, -0.1) is 0 Å². The number of nitrogens with zero attached hydrogens (tertiary/aromatic N) is 2. The van der Waals surface area contributed by atoms with Gasteiger partial charge in [-0.3, -0.25) is 0 Å². The van der Waals surface area contributed by atoms with Crippen LogP contribution in [0.4, 0.5) is 19.0 Å². The fourth-order valence-electron chi connectivity index (χ4n) is 2.59. The van der Waals surface area contributed by atoms with Gasteiger partial charge in [0.15, 0.2) is 0 Å². The van der Waals surface area contributed by atoms with Gasteiger partial charge in [0.2, 0.25) is 10.0 Å². The Labute approximate surface area is 157 Å². The molecule has 0 unspecified atom stereocenters. The van der Waals surface area contributed by atoms with Gasteiger partial charge in [-0.1, -0.05) is 12.1 Å². The van der Waals surface area contributed by atoms with E-state index in [1.807, 2.05) is 18.7 Å². The number of aryl methyl sites for hydroxylation is 1. The molecule has 0 spiro atoms. The molecule has 1 heterocycles. The fraction of sp³-hybridized carbons (Fsp3) is 0.389. The molecule has 1 aromatic heterocycles. The summed E-state index contributed by atoms with van der Waals surface area (Å²) in [6, 6.07) is 6.48. The van der Waals surface area contributed by atoms with Crippen molar-refractivity contribution in [3.63, 3.8) is 0 Å². The largest absolute Gasteiger partial charge is 0.416 e. The number of sulfonamides is 1. The van der Waals surface area contributed by atoms with E-state index < -0.39 is 26.7 Å². The number of aromatic nitrogens is 1. The average molecular weight is 401 g/mol. The van der Waals surface area contributed by atoms with Crippen molar-refractivity contribution in [3.05, 3.63) is 53.2 Å². The van der Waals surface area contributed by atoms with E-state index in [1.165, 1.54) is 6.92 Å². The van der Waals surface area contributed by atoms with Crippen molar-refractivity contribution in [1.82, 2.24) is 9.71 Å². The lowest BCUT2D eigenvalue weighted by molar-refractivity contribution is -0.138. The Morgan fingerprint density at radius 3 is 2.30 bits per heavy atom. The molecule has 27 heavy (non-hydrogen) atoms. The van der Waals surface area contributed by atoms with E-state index in [-0.39, 0.29) is 12.1 Å². The van der Waals surface area contributed by atoms with Crippen LogP contribution in [0.15, 0.2) is 41.4 Å². The van der Waals surface area contributed by atoms with Gasteiger partial charge < -0.3 is 4.90 Å². The lowest BCUT2D eigenvalue weighted by Crippen LogP contribution is -2.25. The highest BCUT2D eigenvalue weighted by Gasteiger charge is 2.33. The van der Waals surface area contributed by atoms with Crippen LogP contribution in [0.3, 0.4) is 0 Å². The minimum atomic E-state index is -4.61. The highest BCUT2D eigenvalue weighted by molar-refractivity contribution is 7.89. The van der Waals surface area contributed by atoms with Crippen molar-refractivity contribution in [2.24, 2.45) is 0 Å². The first-order valence-corrected chi connectivity index (χ1v) is 9.94. The van der Waals surface area contributed by atoms with Gasteiger partial charge in [0.25, 0.3) is 0 Å². The zero-order valence-electron chi connectivity index (χ0n) is 15.3. The molecule has 1 N–H and O–H groups in total. The predicted octanol–water partition coefficient (Wildman–Crippen LogP) is 3.73. The molecule has 0 radical (unpaired) electrons. The lowest BCUT2D eigenvalue weighted by Gasteiger charge is -2.19. The molecule has 0 atom stereocenters. The van der Waals surface area contributed by atoms with Crippen molar-refractivity contribution in [3.8, 4) is 0 Å². The number of hydrogen-bond donors (Lipinski definition) is 1. The molecule has 1 aromatic carbocycles. The van der Waals surface area contributed by atoms with Gasteiger partial charge in [0, 0.05) is 25.8 Å². The second-order valence-corrected chi connectivity index (χ2v) is 7.76. The topological polar surface area (TPSA) is 62.3 Å². The normalized spacial score (nSPS) is 12.2. The number of nitrogens with one attached hydrogen (secondary N) is 1. The first-order valence-electron chi connectivity index (χ1n) is 8.46. The van der Waals surface area contributed by atoms with Crippen LogP contribution < -0.4 is 9.62 Å². The van der Waals surface area contributed by atoms with E-state index in [1.54, 1.807) is 18.3 Å². The van der Waals surface area contributed by atoms with Gasteiger partial charge in [-0.2, -0.15) is 13.2 Å². The molecule has 5 nitrogen and oxygen atoms in total. The monoisotopic (exact) mass is 401 g/mol. The molecular weight excluding hydrogens is 379 g/mol. The summed E-state index contributed by atoms with van der Waals surface area (Å²) in [6.07, 6.45) is -3.06. The number of rotatable bonds is 7. The third-order valence-electron chi connectivity index (χ3n) is 4.19. The van der Waals surface area contributed by atoms with Crippen LogP contribution in [0, 0.1) is 6.92 Å². The summed E-state index contributed by atoms with van der Waals surface area (Å²) in [4.78, 5) is 5.91. The highest BCUT2D eigenvalue weighted by Crippen LogP contribution is 2.33. The zero-order chi connectivity index (χ0) is 20.2. The van der Waals surface area contributed by atoms with E-state index in [2.05, 4.69) is 9.71 Å². The molecule has 148 valence electrons.